The van der Waals surface area contributed by atoms with Crippen LogP contribution in [0.2, 0.25) is 0 Å². The highest BCUT2D eigenvalue weighted by atomic mass is 19.4. The van der Waals surface area contributed by atoms with Gasteiger partial charge in [0.15, 0.2) is 11.3 Å². The first-order chi connectivity index (χ1) is 12.9. The molecule has 1 N–H and O–H groups in total. The summed E-state index contributed by atoms with van der Waals surface area (Å²) in [5.41, 5.74) is -5.48. The molecule has 0 saturated heterocycles. The number of amides is 1. The summed E-state index contributed by atoms with van der Waals surface area (Å²) in [4.78, 5) is 27.7. The van der Waals surface area contributed by atoms with Crippen LogP contribution in [0.1, 0.15) is 21.6 Å². The molecule has 2 aromatic heterocycles. The standard InChI is InChI=1S/C14H8F6N6O2/c1-25-12(28)26-5-21-9(10(26)23-24-25)11(27)22-8-3-6(13(15,16)17)2-7(4-8)14(18,19)20/h2-5H,1H3,(H,22,27). The van der Waals surface area contributed by atoms with Crippen LogP contribution in [-0.4, -0.2) is 30.3 Å². The number of carbonyl (C=O) groups is 1. The Labute approximate surface area is 150 Å². The lowest BCUT2D eigenvalue weighted by Gasteiger charge is -2.14. The Morgan fingerprint density at radius 2 is 1.61 bits per heavy atom. The van der Waals surface area contributed by atoms with E-state index < -0.39 is 46.5 Å². The SMILES string of the molecule is Cn1nnc2c(C(=O)Nc3cc(C(F)(F)F)cc(C(F)(F)F)c3)ncn2c1=O. The zero-order valence-electron chi connectivity index (χ0n) is 13.6. The molecular formula is C14H8F6N6O2. The minimum atomic E-state index is -5.07. The molecule has 28 heavy (non-hydrogen) atoms. The Bertz CT molecular complexity index is 1100. The van der Waals surface area contributed by atoms with Gasteiger partial charge in [0.1, 0.15) is 6.33 Å². The summed E-state index contributed by atoms with van der Waals surface area (Å²) < 4.78 is 79.0. The van der Waals surface area contributed by atoms with E-state index >= 15 is 0 Å². The second kappa shape index (κ2) is 6.31. The molecule has 0 radical (unpaired) electrons. The van der Waals surface area contributed by atoms with Gasteiger partial charge in [-0.25, -0.2) is 14.2 Å². The highest BCUT2D eigenvalue weighted by Crippen LogP contribution is 2.37. The summed E-state index contributed by atoms with van der Waals surface area (Å²) in [6, 6.07) is 0.614. The average molecular weight is 406 g/mol. The molecule has 0 bridgehead atoms. The van der Waals surface area contributed by atoms with E-state index in [-0.39, 0.29) is 11.7 Å². The fourth-order valence-electron chi connectivity index (χ4n) is 2.26. The number of carbonyl (C=O) groups excluding carboxylic acids is 1. The number of alkyl halides is 6. The van der Waals surface area contributed by atoms with Gasteiger partial charge >= 0.3 is 18.0 Å². The summed E-state index contributed by atoms with van der Waals surface area (Å²) >= 11 is 0. The molecular weight excluding hydrogens is 398 g/mol. The molecule has 0 saturated carbocycles. The maximum atomic E-state index is 12.9. The molecule has 1 aromatic carbocycles. The van der Waals surface area contributed by atoms with Crippen LogP contribution < -0.4 is 11.0 Å². The molecule has 3 rings (SSSR count). The number of halogens is 6. The van der Waals surface area contributed by atoms with Crippen LogP contribution in [0.3, 0.4) is 0 Å². The van der Waals surface area contributed by atoms with E-state index in [2.05, 4.69) is 15.3 Å². The lowest BCUT2D eigenvalue weighted by atomic mass is 10.1. The van der Waals surface area contributed by atoms with E-state index in [0.29, 0.717) is 12.1 Å². The van der Waals surface area contributed by atoms with Crippen molar-refractivity contribution in [1.82, 2.24) is 24.4 Å². The summed E-state index contributed by atoms with van der Waals surface area (Å²) in [6.45, 7) is 0. The Hall–Kier alpha value is -3.45. The van der Waals surface area contributed by atoms with Crippen molar-refractivity contribution in [3.63, 3.8) is 0 Å². The maximum absolute atomic E-state index is 12.9. The third-order valence-electron chi connectivity index (χ3n) is 3.56. The van der Waals surface area contributed by atoms with Gasteiger partial charge in [0.05, 0.1) is 11.1 Å². The lowest BCUT2D eigenvalue weighted by molar-refractivity contribution is -0.143. The number of benzene rings is 1. The Morgan fingerprint density at radius 1 is 1.04 bits per heavy atom. The predicted molar refractivity (Wildman–Crippen MR) is 80.4 cm³/mol. The maximum Gasteiger partial charge on any atom is 0.416 e. The monoisotopic (exact) mass is 406 g/mol. The molecule has 148 valence electrons. The van der Waals surface area contributed by atoms with Crippen LogP contribution in [0.4, 0.5) is 32.0 Å². The number of hydrogen-bond acceptors (Lipinski definition) is 5. The van der Waals surface area contributed by atoms with Crippen LogP contribution in [-0.2, 0) is 19.4 Å². The van der Waals surface area contributed by atoms with Crippen molar-refractivity contribution in [3.05, 3.63) is 51.8 Å². The summed E-state index contributed by atoms with van der Waals surface area (Å²) in [5.74, 6) is -1.17. The number of fused-ring (bicyclic) bond motifs is 1. The van der Waals surface area contributed by atoms with E-state index in [1.165, 1.54) is 7.05 Å². The Balaban J connectivity index is 2.03. The second-order valence-corrected chi connectivity index (χ2v) is 5.53. The zero-order chi connectivity index (χ0) is 20.9. The predicted octanol–water partition coefficient (Wildman–Crippen LogP) is 2.11. The van der Waals surface area contributed by atoms with Gasteiger partial charge in [-0.05, 0) is 18.2 Å². The average Bonchev–Trinajstić information content (AvgIpc) is 3.01. The molecule has 2 heterocycles. The fourth-order valence-corrected chi connectivity index (χ4v) is 2.26. The quantitative estimate of drug-likeness (QED) is 0.658. The Kier molecular flexibility index (Phi) is 4.36. The minimum absolute atomic E-state index is 0.0726. The second-order valence-electron chi connectivity index (χ2n) is 5.53. The van der Waals surface area contributed by atoms with Crippen molar-refractivity contribution in [2.75, 3.05) is 5.32 Å². The number of nitrogens with one attached hydrogen (secondary N) is 1. The first kappa shape index (κ1) is 19.3. The first-order valence-corrected chi connectivity index (χ1v) is 7.26. The van der Waals surface area contributed by atoms with Crippen LogP contribution in [0, 0.1) is 0 Å². The number of rotatable bonds is 2. The highest BCUT2D eigenvalue weighted by Gasteiger charge is 2.37. The smallest absolute Gasteiger partial charge is 0.321 e. The summed E-state index contributed by atoms with van der Waals surface area (Å²) in [7, 11) is 1.27. The number of hydrogen-bond donors (Lipinski definition) is 1. The number of aryl methyl sites for hydroxylation is 1. The van der Waals surface area contributed by atoms with Crippen molar-refractivity contribution in [2.45, 2.75) is 12.4 Å². The van der Waals surface area contributed by atoms with Crippen molar-refractivity contribution < 1.29 is 31.1 Å². The minimum Gasteiger partial charge on any atom is -0.321 e. The molecule has 1 amide bonds. The third kappa shape index (κ3) is 3.52. The molecule has 14 heteroatoms. The van der Waals surface area contributed by atoms with Gasteiger partial charge in [0.2, 0.25) is 0 Å². The number of anilines is 1. The molecule has 0 atom stereocenters. The third-order valence-corrected chi connectivity index (χ3v) is 3.56. The van der Waals surface area contributed by atoms with Crippen molar-refractivity contribution >= 4 is 17.2 Å². The van der Waals surface area contributed by atoms with Gasteiger partial charge in [-0.15, -0.1) is 5.10 Å². The van der Waals surface area contributed by atoms with Crippen LogP contribution >= 0.6 is 0 Å². The van der Waals surface area contributed by atoms with Gasteiger partial charge in [0, 0.05) is 12.7 Å². The van der Waals surface area contributed by atoms with Crippen molar-refractivity contribution in [2.24, 2.45) is 7.05 Å². The first-order valence-electron chi connectivity index (χ1n) is 7.26. The molecule has 0 aliphatic rings. The normalized spacial score (nSPS) is 12.4. The number of nitrogens with zero attached hydrogens (tertiary/aromatic N) is 5. The van der Waals surface area contributed by atoms with Crippen molar-refractivity contribution in [3.8, 4) is 0 Å². The highest BCUT2D eigenvalue weighted by molar-refractivity contribution is 6.06. The number of aromatic nitrogens is 5. The molecule has 0 aliphatic carbocycles. The fraction of sp³-hybridized carbons (Fsp3) is 0.214. The van der Waals surface area contributed by atoms with Crippen LogP contribution in [0.5, 0.6) is 0 Å². The molecule has 0 unspecified atom stereocenters. The van der Waals surface area contributed by atoms with Crippen LogP contribution in [0.25, 0.3) is 5.65 Å². The van der Waals surface area contributed by atoms with Gasteiger partial charge in [-0.3, -0.25) is 4.79 Å². The van der Waals surface area contributed by atoms with Gasteiger partial charge in [-0.1, -0.05) is 5.21 Å². The Morgan fingerprint density at radius 3 is 2.14 bits per heavy atom. The number of imidazole rings is 1. The summed E-state index contributed by atoms with van der Waals surface area (Å²) in [6.07, 6.45) is -9.21. The largest absolute Gasteiger partial charge is 0.416 e. The molecule has 3 aromatic rings. The van der Waals surface area contributed by atoms with Crippen molar-refractivity contribution in [1.29, 1.82) is 0 Å². The topological polar surface area (TPSA) is 94.2 Å². The van der Waals surface area contributed by atoms with Gasteiger partial charge < -0.3 is 5.32 Å². The molecule has 0 spiro atoms. The van der Waals surface area contributed by atoms with Gasteiger partial charge in [0.25, 0.3) is 5.91 Å². The molecule has 0 aliphatic heterocycles. The molecule has 8 nitrogen and oxygen atoms in total. The van der Waals surface area contributed by atoms with E-state index in [9.17, 15) is 35.9 Å². The lowest BCUT2D eigenvalue weighted by Crippen LogP contribution is -2.27. The summed E-state index contributed by atoms with van der Waals surface area (Å²) in [5, 5.41) is 8.91. The van der Waals surface area contributed by atoms with Gasteiger partial charge in [-0.2, -0.15) is 31.0 Å². The van der Waals surface area contributed by atoms with Crippen LogP contribution in [0.15, 0.2) is 29.3 Å². The van der Waals surface area contributed by atoms with E-state index in [1.807, 2.05) is 5.32 Å². The molecule has 0 fully saturated rings. The van der Waals surface area contributed by atoms with E-state index in [0.717, 1.165) is 15.4 Å². The van der Waals surface area contributed by atoms with E-state index in [1.54, 1.807) is 0 Å². The van der Waals surface area contributed by atoms with E-state index in [4.69, 9.17) is 0 Å². The zero-order valence-corrected chi connectivity index (χ0v) is 13.6.